The van der Waals surface area contributed by atoms with Crippen molar-refractivity contribution in [3.8, 4) is 0 Å². The molecule has 0 bridgehead atoms. The Balaban J connectivity index is 4.04. The number of allylic oxidation sites excluding steroid dienone is 8. The van der Waals surface area contributed by atoms with Crippen molar-refractivity contribution < 1.29 is 47.8 Å². The van der Waals surface area contributed by atoms with Crippen molar-refractivity contribution >= 4 is 19.8 Å². The highest BCUT2D eigenvalue weighted by Crippen LogP contribution is 2.43. The van der Waals surface area contributed by atoms with Crippen LogP contribution >= 0.6 is 7.82 Å². The SMILES string of the molecule is CC/C=C\C/C=C\C/C=C\CCCCCCCC(=O)OC(CO)COP(=O)(O)OCC(CO)OC(=O)CCCCCCC/C=C\CCC. The Morgan fingerprint density at radius 1 is 0.583 bits per heavy atom. The highest BCUT2D eigenvalue weighted by Gasteiger charge is 2.27. The van der Waals surface area contributed by atoms with Crippen LogP contribution in [0.3, 0.4) is 0 Å². The number of phosphoric acid groups is 1. The second kappa shape index (κ2) is 33.4. The van der Waals surface area contributed by atoms with E-state index in [-0.39, 0.29) is 12.8 Å². The quantitative estimate of drug-likeness (QED) is 0.0263. The number of phosphoric ester groups is 1. The van der Waals surface area contributed by atoms with Gasteiger partial charge in [0.1, 0.15) is 12.2 Å². The van der Waals surface area contributed by atoms with Crippen LogP contribution in [0.4, 0.5) is 0 Å². The van der Waals surface area contributed by atoms with E-state index in [2.05, 4.69) is 62.5 Å². The normalized spacial score (nSPS) is 14.7. The molecule has 0 saturated heterocycles. The number of rotatable bonds is 33. The van der Waals surface area contributed by atoms with Gasteiger partial charge < -0.3 is 24.6 Å². The largest absolute Gasteiger partial charge is 0.472 e. The molecule has 3 N–H and O–H groups in total. The fourth-order valence-electron chi connectivity index (χ4n) is 4.48. The predicted molar refractivity (Wildman–Crippen MR) is 191 cm³/mol. The third-order valence-electron chi connectivity index (χ3n) is 7.26. The molecule has 3 atom stereocenters. The van der Waals surface area contributed by atoms with E-state index in [1.807, 2.05) is 0 Å². The Morgan fingerprint density at radius 3 is 1.44 bits per heavy atom. The molecule has 0 aromatic rings. The van der Waals surface area contributed by atoms with Crippen LogP contribution in [0.5, 0.6) is 0 Å². The van der Waals surface area contributed by atoms with Crippen molar-refractivity contribution in [1.29, 1.82) is 0 Å². The standard InChI is InChI=1S/C37H65O10P/c1-3-5-7-9-11-13-15-16-17-18-19-21-23-25-27-29-37(41)47-35(31-39)33-45-48(42,43)44-32-34(30-38)46-36(40)28-26-24-22-20-14-12-10-8-6-4-2/h5,7-8,10-11,13,16-17,34-35,38-39H,3-4,6,9,12,14-15,18-33H2,1-2H3,(H,42,43)/b7-5-,10-8-,13-11-,17-16-. The van der Waals surface area contributed by atoms with Gasteiger partial charge in [-0.05, 0) is 64.2 Å². The van der Waals surface area contributed by atoms with Crippen LogP contribution in [0.15, 0.2) is 48.6 Å². The Bertz CT molecular complexity index is 946. The average Bonchev–Trinajstić information content (AvgIpc) is 3.07. The maximum atomic E-state index is 12.3. The second-order valence-electron chi connectivity index (χ2n) is 11.8. The van der Waals surface area contributed by atoms with Gasteiger partial charge in [-0.1, -0.05) is 107 Å². The molecule has 48 heavy (non-hydrogen) atoms. The van der Waals surface area contributed by atoms with Crippen molar-refractivity contribution in [2.24, 2.45) is 0 Å². The number of aliphatic hydroxyl groups is 2. The van der Waals surface area contributed by atoms with E-state index in [1.54, 1.807) is 0 Å². The van der Waals surface area contributed by atoms with Crippen LogP contribution in [0.25, 0.3) is 0 Å². The summed E-state index contributed by atoms with van der Waals surface area (Å²) in [5, 5.41) is 19.0. The Labute approximate surface area is 290 Å². The summed E-state index contributed by atoms with van der Waals surface area (Å²) in [7, 11) is -4.63. The van der Waals surface area contributed by atoms with Gasteiger partial charge in [0.15, 0.2) is 0 Å². The van der Waals surface area contributed by atoms with Crippen LogP contribution < -0.4 is 0 Å². The molecule has 3 unspecified atom stereocenters. The van der Waals surface area contributed by atoms with Crippen molar-refractivity contribution in [2.75, 3.05) is 26.4 Å². The lowest BCUT2D eigenvalue weighted by Crippen LogP contribution is -2.28. The van der Waals surface area contributed by atoms with E-state index >= 15 is 0 Å². The summed E-state index contributed by atoms with van der Waals surface area (Å²) >= 11 is 0. The molecule has 0 rings (SSSR count). The number of aliphatic hydroxyl groups excluding tert-OH is 2. The van der Waals surface area contributed by atoms with Gasteiger partial charge in [-0.2, -0.15) is 0 Å². The van der Waals surface area contributed by atoms with Crippen LogP contribution in [0, 0.1) is 0 Å². The number of ether oxygens (including phenoxy) is 2. The fourth-order valence-corrected chi connectivity index (χ4v) is 5.27. The Morgan fingerprint density at radius 2 is 0.979 bits per heavy atom. The van der Waals surface area contributed by atoms with Crippen LogP contribution in [-0.2, 0) is 32.7 Å². The van der Waals surface area contributed by atoms with Crippen LogP contribution in [-0.4, -0.2) is 65.7 Å². The number of esters is 2. The van der Waals surface area contributed by atoms with Crippen molar-refractivity contribution in [3.63, 3.8) is 0 Å². The lowest BCUT2D eigenvalue weighted by molar-refractivity contribution is -0.153. The first-order chi connectivity index (χ1) is 23.3. The summed E-state index contributed by atoms with van der Waals surface area (Å²) in [5.41, 5.74) is 0. The van der Waals surface area contributed by atoms with E-state index in [9.17, 15) is 29.3 Å². The predicted octanol–water partition coefficient (Wildman–Crippen LogP) is 8.60. The zero-order chi connectivity index (χ0) is 35.6. The molecule has 0 aromatic carbocycles. The van der Waals surface area contributed by atoms with Crippen molar-refractivity contribution in [2.45, 2.75) is 148 Å². The molecule has 0 saturated carbocycles. The molecule has 0 aliphatic carbocycles. The lowest BCUT2D eigenvalue weighted by atomic mass is 10.1. The summed E-state index contributed by atoms with van der Waals surface area (Å²) in [6.07, 6.45) is 32.4. The van der Waals surface area contributed by atoms with Gasteiger partial charge in [0, 0.05) is 12.8 Å². The maximum absolute atomic E-state index is 12.3. The van der Waals surface area contributed by atoms with Crippen molar-refractivity contribution in [3.05, 3.63) is 48.6 Å². The van der Waals surface area contributed by atoms with Gasteiger partial charge in [-0.15, -0.1) is 0 Å². The van der Waals surface area contributed by atoms with Crippen LogP contribution in [0.1, 0.15) is 136 Å². The first-order valence-electron chi connectivity index (χ1n) is 18.1. The Kier molecular flexibility index (Phi) is 32.0. The number of hydrogen-bond acceptors (Lipinski definition) is 9. The highest BCUT2D eigenvalue weighted by molar-refractivity contribution is 7.47. The summed E-state index contributed by atoms with van der Waals surface area (Å²) < 4.78 is 32.3. The summed E-state index contributed by atoms with van der Waals surface area (Å²) in [6, 6.07) is 0. The summed E-state index contributed by atoms with van der Waals surface area (Å²) in [5.74, 6) is -1.05. The fraction of sp³-hybridized carbons (Fsp3) is 0.730. The van der Waals surface area contributed by atoms with E-state index in [0.717, 1.165) is 96.3 Å². The number of unbranched alkanes of at least 4 members (excludes halogenated alkanes) is 11. The molecular formula is C37H65O10P. The Hall–Kier alpha value is -2.07. The smallest absolute Gasteiger partial charge is 0.457 e. The van der Waals surface area contributed by atoms with E-state index in [0.29, 0.717) is 12.8 Å². The molecular weight excluding hydrogens is 635 g/mol. The average molecular weight is 701 g/mol. The van der Waals surface area contributed by atoms with Gasteiger partial charge in [0.2, 0.25) is 0 Å². The number of carbonyl (C=O) groups is 2. The van der Waals surface area contributed by atoms with Gasteiger partial charge in [0.05, 0.1) is 26.4 Å². The summed E-state index contributed by atoms with van der Waals surface area (Å²) in [6.45, 7) is 1.96. The van der Waals surface area contributed by atoms with E-state index in [4.69, 9.17) is 18.5 Å². The van der Waals surface area contributed by atoms with Gasteiger partial charge in [-0.3, -0.25) is 18.6 Å². The maximum Gasteiger partial charge on any atom is 0.472 e. The monoisotopic (exact) mass is 700 g/mol. The molecule has 0 aliphatic rings. The molecule has 0 amide bonds. The third kappa shape index (κ3) is 31.2. The van der Waals surface area contributed by atoms with Gasteiger partial charge >= 0.3 is 19.8 Å². The van der Waals surface area contributed by atoms with Gasteiger partial charge in [-0.25, -0.2) is 4.57 Å². The minimum absolute atomic E-state index is 0.170. The minimum Gasteiger partial charge on any atom is -0.457 e. The number of hydrogen-bond donors (Lipinski definition) is 3. The number of carbonyl (C=O) groups excluding carboxylic acids is 2. The van der Waals surface area contributed by atoms with Crippen LogP contribution in [0.2, 0.25) is 0 Å². The minimum atomic E-state index is -4.63. The lowest BCUT2D eigenvalue weighted by Gasteiger charge is -2.20. The van der Waals surface area contributed by atoms with E-state index in [1.165, 1.54) is 0 Å². The second-order valence-corrected chi connectivity index (χ2v) is 13.3. The molecule has 278 valence electrons. The zero-order valence-electron chi connectivity index (χ0n) is 29.7. The summed E-state index contributed by atoms with van der Waals surface area (Å²) in [4.78, 5) is 34.3. The van der Waals surface area contributed by atoms with Gasteiger partial charge in [0.25, 0.3) is 0 Å². The molecule has 0 aliphatic heterocycles. The van der Waals surface area contributed by atoms with E-state index < -0.39 is 58.4 Å². The molecule has 0 fully saturated rings. The highest BCUT2D eigenvalue weighted by atomic mass is 31.2. The first kappa shape index (κ1) is 45.9. The molecule has 0 spiro atoms. The van der Waals surface area contributed by atoms with Crippen molar-refractivity contribution in [1.82, 2.24) is 0 Å². The molecule has 10 nitrogen and oxygen atoms in total. The topological polar surface area (TPSA) is 149 Å². The zero-order valence-corrected chi connectivity index (χ0v) is 30.6. The molecule has 11 heteroatoms. The molecule has 0 heterocycles. The third-order valence-corrected chi connectivity index (χ3v) is 8.21. The molecule has 0 radical (unpaired) electrons. The first-order valence-corrected chi connectivity index (χ1v) is 19.6. The molecule has 0 aromatic heterocycles.